The van der Waals surface area contributed by atoms with Crippen LogP contribution in [0.4, 0.5) is 15.0 Å². The second-order valence-corrected chi connectivity index (χ2v) is 25.6. The van der Waals surface area contributed by atoms with Crippen LogP contribution in [-0.4, -0.2) is 109 Å². The Morgan fingerprint density at radius 2 is 1.73 bits per heavy atom. The lowest BCUT2D eigenvalue weighted by Crippen LogP contribution is -2.57. The largest absolute Gasteiger partial charge is 0.468 e. The highest BCUT2D eigenvalue weighted by Gasteiger charge is 2.49. The average Bonchev–Trinajstić information content (AvgIpc) is 3.87. The highest BCUT2D eigenvalue weighted by Crippen LogP contribution is 2.45. The van der Waals surface area contributed by atoms with E-state index >= 15 is 4.39 Å². The zero-order valence-electron chi connectivity index (χ0n) is 38.9. The maximum atomic E-state index is 17.9. The van der Waals surface area contributed by atoms with Crippen molar-refractivity contribution < 1.29 is 28.1 Å². The maximum absolute atomic E-state index is 17.9. The lowest BCUT2D eigenvalue weighted by molar-refractivity contribution is 0.0122. The quantitative estimate of drug-likeness (QED) is 0.0626. The smallest absolute Gasteiger partial charge is 0.410 e. The Kier molecular flexibility index (Phi) is 12.3. The molecule has 1 amide bonds. The van der Waals surface area contributed by atoms with Gasteiger partial charge in [0.25, 0.3) is 0 Å². The number of pyridine rings is 1. The molecule has 0 radical (unpaired) electrons. The maximum Gasteiger partial charge on any atom is 0.410 e. The van der Waals surface area contributed by atoms with Gasteiger partial charge in [0.15, 0.2) is 12.6 Å². The summed E-state index contributed by atoms with van der Waals surface area (Å²) in [5, 5.41) is 2.11. The molecule has 8 rings (SSSR count). The fourth-order valence-corrected chi connectivity index (χ4v) is 16.5. The zero-order valence-corrected chi connectivity index (χ0v) is 39.9. The van der Waals surface area contributed by atoms with E-state index in [0.717, 1.165) is 67.1 Å². The van der Waals surface area contributed by atoms with Crippen LogP contribution in [0.1, 0.15) is 100.0 Å². The van der Waals surface area contributed by atoms with E-state index in [4.69, 9.17) is 33.9 Å². The van der Waals surface area contributed by atoms with Crippen LogP contribution in [0.25, 0.3) is 32.9 Å². The summed E-state index contributed by atoms with van der Waals surface area (Å²) in [6.45, 7) is 27.2. The number of carbonyl (C=O) groups excluding carboxylic acids is 1. The molecule has 0 saturated carbocycles. The van der Waals surface area contributed by atoms with Crippen molar-refractivity contribution in [1.82, 2.24) is 24.8 Å². The molecule has 336 valence electrons. The Hall–Kier alpha value is -4.77. The summed E-state index contributed by atoms with van der Waals surface area (Å²) in [5.41, 5.74) is 7.06. The molecule has 13 heteroatoms. The first kappa shape index (κ1) is 44.8. The van der Waals surface area contributed by atoms with Crippen molar-refractivity contribution in [1.29, 1.82) is 0 Å². The number of carbonyl (C=O) groups is 1. The summed E-state index contributed by atoms with van der Waals surface area (Å²) < 4.78 is 41.7. The average molecular weight is 877 g/mol. The number of anilines is 1. The number of aromatic nitrogens is 3. The van der Waals surface area contributed by atoms with Gasteiger partial charge < -0.3 is 23.8 Å². The number of nitrogens with zero attached hydrogens (tertiary/aromatic N) is 6. The monoisotopic (exact) mass is 876 g/mol. The van der Waals surface area contributed by atoms with Crippen molar-refractivity contribution in [3.63, 3.8) is 0 Å². The molecule has 0 N–H and O–H groups in total. The molecule has 0 spiro atoms. The molecule has 4 saturated heterocycles. The van der Waals surface area contributed by atoms with Crippen LogP contribution >= 0.6 is 0 Å². The second kappa shape index (κ2) is 17.3. The van der Waals surface area contributed by atoms with Crippen LogP contribution in [0, 0.1) is 17.3 Å². The summed E-state index contributed by atoms with van der Waals surface area (Å²) in [4.78, 5) is 34.8. The fourth-order valence-electron chi connectivity index (χ4n) is 11.3. The molecule has 11 nitrogen and oxygen atoms in total. The van der Waals surface area contributed by atoms with Crippen molar-refractivity contribution >= 4 is 41.7 Å². The van der Waals surface area contributed by atoms with Crippen LogP contribution in [-0.2, 0) is 9.47 Å². The summed E-state index contributed by atoms with van der Waals surface area (Å²) in [5.74, 6) is 4.12. The highest BCUT2D eigenvalue weighted by atomic mass is 28.3. The SMILES string of the molecule is C=C1CCN2CCCC12COc1nc(N2CC3CCC(C2)N3C(=O)OC(C)(C)C)c2cnc(-c3cc(OCOC)cc4cccc(C#C[Si](C(C)C)(C(C)C)C(C)C)c34)c(F)c2n1. The van der Waals surface area contributed by atoms with Gasteiger partial charge in [-0.1, -0.05) is 71.7 Å². The number of rotatable bonds is 11. The summed E-state index contributed by atoms with van der Waals surface area (Å²) in [6, 6.07) is 9.70. The third kappa shape index (κ3) is 8.16. The van der Waals surface area contributed by atoms with Crippen LogP contribution < -0.4 is 14.4 Å². The van der Waals surface area contributed by atoms with Gasteiger partial charge in [-0.05, 0) is 99.6 Å². The van der Waals surface area contributed by atoms with Gasteiger partial charge in [0, 0.05) is 49.5 Å². The molecule has 2 bridgehead atoms. The van der Waals surface area contributed by atoms with E-state index in [1.54, 1.807) is 13.3 Å². The molecule has 4 aliphatic heterocycles. The van der Waals surface area contributed by atoms with Gasteiger partial charge in [-0.25, -0.2) is 9.18 Å². The Morgan fingerprint density at radius 1 is 1.02 bits per heavy atom. The molecule has 0 aliphatic carbocycles. The van der Waals surface area contributed by atoms with E-state index in [-0.39, 0.29) is 47.7 Å². The molecule has 4 aliphatic rings. The van der Waals surface area contributed by atoms with E-state index < -0.39 is 19.5 Å². The predicted octanol–water partition coefficient (Wildman–Crippen LogP) is 10.3. The first-order valence-electron chi connectivity index (χ1n) is 22.9. The van der Waals surface area contributed by atoms with Gasteiger partial charge in [-0.3, -0.25) is 14.8 Å². The minimum absolute atomic E-state index is 0.0230. The first-order chi connectivity index (χ1) is 30.0. The summed E-state index contributed by atoms with van der Waals surface area (Å²) >= 11 is 0. The third-order valence-corrected chi connectivity index (χ3v) is 20.6. The highest BCUT2D eigenvalue weighted by molar-refractivity contribution is 6.90. The standard InChI is InChI=1S/C50H65FN6O5Si/c1-31(2)63(32(3)4,33(5)6)23-19-35-14-12-15-36-24-39(61-30-59-11)25-40(42(35)36)44-43(51)45-41(26-52-44)46(54-47(53-45)60-29-50-20-13-21-56(50)22-18-34(50)7)55-27-37-16-17-38(28-55)57(37)48(58)62-49(8,9)10/h12,14-15,24-26,31-33,37-38H,7,13,16-18,20-22,27-30H2,1-6,8-11H3. The number of ether oxygens (including phenoxy) is 4. The van der Waals surface area contributed by atoms with Gasteiger partial charge in [0.05, 0.1) is 23.0 Å². The normalized spacial score (nSPS) is 21.5. The second-order valence-electron chi connectivity index (χ2n) is 20.0. The summed E-state index contributed by atoms with van der Waals surface area (Å²) in [6.07, 6.45) is 5.97. The number of hydrogen-bond acceptors (Lipinski definition) is 10. The first-order valence-corrected chi connectivity index (χ1v) is 25.1. The third-order valence-electron chi connectivity index (χ3n) is 14.3. The number of halogens is 1. The number of piperazine rings is 1. The summed E-state index contributed by atoms with van der Waals surface area (Å²) in [7, 11) is -0.552. The molecule has 4 aromatic rings. The van der Waals surface area contributed by atoms with Crippen molar-refractivity contribution in [2.45, 2.75) is 134 Å². The fraction of sp³-hybridized carbons (Fsp3) is 0.560. The minimum atomic E-state index is -2.12. The van der Waals surface area contributed by atoms with Crippen molar-refractivity contribution in [3.05, 3.63) is 60.1 Å². The Morgan fingerprint density at radius 3 is 2.40 bits per heavy atom. The van der Waals surface area contributed by atoms with Gasteiger partial charge in [0.2, 0.25) is 0 Å². The number of fused-ring (bicyclic) bond motifs is 5. The lowest BCUT2D eigenvalue weighted by atomic mass is 9.91. The Bertz CT molecular complexity index is 2440. The van der Waals surface area contributed by atoms with Gasteiger partial charge in [-0.15, -0.1) is 5.54 Å². The number of benzene rings is 2. The van der Waals surface area contributed by atoms with Gasteiger partial charge >= 0.3 is 12.1 Å². The molecule has 3 atom stereocenters. The van der Waals surface area contributed by atoms with Crippen LogP contribution in [0.5, 0.6) is 11.8 Å². The number of amides is 1. The minimum Gasteiger partial charge on any atom is -0.468 e. The topological polar surface area (TPSA) is 102 Å². The van der Waals surface area contributed by atoms with Crippen molar-refractivity contribution in [3.8, 4) is 34.5 Å². The molecule has 4 fully saturated rings. The molecule has 2 aromatic carbocycles. The van der Waals surface area contributed by atoms with Crippen molar-refractivity contribution in [2.24, 2.45) is 0 Å². The van der Waals surface area contributed by atoms with E-state index in [1.165, 1.54) is 0 Å². The van der Waals surface area contributed by atoms with Gasteiger partial charge in [-0.2, -0.15) is 9.97 Å². The molecule has 2 aromatic heterocycles. The Balaban J connectivity index is 1.28. The molecular formula is C50H65FN6O5Si. The predicted molar refractivity (Wildman–Crippen MR) is 251 cm³/mol. The molecule has 63 heavy (non-hydrogen) atoms. The van der Waals surface area contributed by atoms with E-state index in [9.17, 15) is 4.79 Å². The van der Waals surface area contributed by atoms with E-state index in [1.807, 2.05) is 56.0 Å². The molecular weight excluding hydrogens is 812 g/mol. The van der Waals surface area contributed by atoms with Crippen molar-refractivity contribution in [2.75, 3.05) is 51.6 Å². The van der Waals surface area contributed by atoms with E-state index in [2.05, 4.69) is 69.4 Å². The van der Waals surface area contributed by atoms with Crippen LogP contribution in [0.2, 0.25) is 16.6 Å². The van der Waals surface area contributed by atoms with Crippen LogP contribution in [0.3, 0.4) is 0 Å². The van der Waals surface area contributed by atoms with E-state index in [0.29, 0.717) is 58.8 Å². The molecule has 6 heterocycles. The van der Waals surface area contributed by atoms with Gasteiger partial charge in [0.1, 0.15) is 43.1 Å². The zero-order chi connectivity index (χ0) is 45.0. The Labute approximate surface area is 373 Å². The number of hydrogen-bond donors (Lipinski definition) is 0. The lowest BCUT2D eigenvalue weighted by Gasteiger charge is -2.42. The van der Waals surface area contributed by atoms with Crippen LogP contribution in [0.15, 0.2) is 48.7 Å². The number of methoxy groups -OCH3 is 1. The molecule has 3 unspecified atom stereocenters.